The Morgan fingerprint density at radius 3 is 2.56 bits per heavy atom. The molecule has 0 radical (unpaired) electrons. The number of likely N-dealkylation sites (tertiary alicyclic amines) is 1. The van der Waals surface area contributed by atoms with Crippen molar-refractivity contribution >= 4 is 12.0 Å². The van der Waals surface area contributed by atoms with Gasteiger partial charge in [0, 0.05) is 25.6 Å². The second kappa shape index (κ2) is 5.59. The largest absolute Gasteiger partial charge is 0.595 e. The number of hydrogen-bond acceptors (Lipinski definition) is 4. The summed E-state index contributed by atoms with van der Waals surface area (Å²) in [6, 6.07) is -0.155. The summed E-state index contributed by atoms with van der Waals surface area (Å²) >= 11 is 0. The third-order valence-electron chi connectivity index (χ3n) is 3.03. The highest BCUT2D eigenvalue weighted by Crippen LogP contribution is 2.20. The average Bonchev–Trinajstić information content (AvgIpc) is 2.18. The van der Waals surface area contributed by atoms with Crippen molar-refractivity contribution in [2.45, 2.75) is 52.7 Å². The maximum atomic E-state index is 11.7. The van der Waals surface area contributed by atoms with Crippen molar-refractivity contribution in [3.8, 4) is 0 Å². The molecule has 1 aliphatic heterocycles. The number of ether oxygens (including phenoxy) is 1. The molecule has 0 aromatic carbocycles. The zero-order valence-corrected chi connectivity index (χ0v) is 11.9. The maximum absolute atomic E-state index is 11.7. The van der Waals surface area contributed by atoms with Crippen LogP contribution in [0.1, 0.15) is 41.0 Å². The van der Waals surface area contributed by atoms with Crippen LogP contribution in [0, 0.1) is 5.92 Å². The third kappa shape index (κ3) is 4.55. The Hall–Kier alpha value is -1.26. The zero-order valence-electron chi connectivity index (χ0n) is 11.9. The van der Waals surface area contributed by atoms with Crippen LogP contribution in [0.4, 0.5) is 0 Å². The smallest absolute Gasteiger partial charge is 0.219 e. The summed E-state index contributed by atoms with van der Waals surface area (Å²) in [5.41, 5.74) is -0.529. The Labute approximate surface area is 109 Å². The van der Waals surface area contributed by atoms with Crippen molar-refractivity contribution in [1.29, 1.82) is 0 Å². The van der Waals surface area contributed by atoms with E-state index in [4.69, 9.17) is 4.74 Å². The van der Waals surface area contributed by atoms with E-state index >= 15 is 0 Å². The van der Waals surface area contributed by atoms with E-state index in [-0.39, 0.29) is 11.9 Å². The minimum Gasteiger partial charge on any atom is -0.595 e. The fraction of sp³-hybridized carbons (Fsp3) is 0.846. The first-order chi connectivity index (χ1) is 8.19. The Balaban J connectivity index is 2.68. The highest BCUT2D eigenvalue weighted by molar-refractivity contribution is 5.73. The van der Waals surface area contributed by atoms with Crippen LogP contribution in [0.25, 0.3) is 0 Å². The van der Waals surface area contributed by atoms with Gasteiger partial charge < -0.3 is 14.7 Å². The minimum atomic E-state index is -0.537. The number of rotatable bonds is 1. The molecule has 5 nitrogen and oxygen atoms in total. The van der Waals surface area contributed by atoms with Gasteiger partial charge in [-0.3, -0.25) is 9.79 Å². The van der Waals surface area contributed by atoms with Crippen LogP contribution in [0.2, 0.25) is 0 Å². The summed E-state index contributed by atoms with van der Waals surface area (Å²) in [7, 11) is 0. The van der Waals surface area contributed by atoms with Crippen LogP contribution in [0.3, 0.4) is 0 Å². The molecular formula is C13H23N2O3-. The lowest BCUT2D eigenvalue weighted by Crippen LogP contribution is -2.45. The normalized spacial score (nSPS) is 26.1. The molecule has 1 saturated heterocycles. The van der Waals surface area contributed by atoms with E-state index in [1.165, 1.54) is 0 Å². The van der Waals surface area contributed by atoms with Gasteiger partial charge in [0.15, 0.2) is 0 Å². The van der Waals surface area contributed by atoms with Crippen molar-refractivity contribution in [3.63, 3.8) is 0 Å². The van der Waals surface area contributed by atoms with Crippen molar-refractivity contribution in [2.75, 3.05) is 13.1 Å². The topological polar surface area (TPSA) is 65.0 Å². The van der Waals surface area contributed by atoms with Gasteiger partial charge in [-0.15, -0.1) is 0 Å². The fourth-order valence-electron chi connectivity index (χ4n) is 1.93. The molecule has 104 valence electrons. The molecule has 18 heavy (non-hydrogen) atoms. The van der Waals surface area contributed by atoms with Crippen LogP contribution < -0.4 is 5.11 Å². The Kier molecular flexibility index (Phi) is 4.59. The van der Waals surface area contributed by atoms with E-state index in [1.54, 1.807) is 11.8 Å². The lowest BCUT2D eigenvalue weighted by molar-refractivity contribution is -0.261. The molecule has 1 heterocycles. The van der Waals surface area contributed by atoms with Gasteiger partial charge in [-0.05, 0) is 12.3 Å². The summed E-state index contributed by atoms with van der Waals surface area (Å²) in [6.07, 6.45) is 0.334. The van der Waals surface area contributed by atoms with Crippen LogP contribution >= 0.6 is 0 Å². The molecule has 1 rings (SSSR count). The van der Waals surface area contributed by atoms with E-state index in [9.17, 15) is 9.90 Å². The van der Waals surface area contributed by atoms with Gasteiger partial charge in [0.25, 0.3) is 0 Å². The lowest BCUT2D eigenvalue weighted by Gasteiger charge is -2.36. The molecule has 1 fully saturated rings. The molecule has 0 aromatic heterocycles. The average molecular weight is 255 g/mol. The number of amides is 1. The Morgan fingerprint density at radius 1 is 1.44 bits per heavy atom. The second-order valence-electron chi connectivity index (χ2n) is 5.91. The van der Waals surface area contributed by atoms with E-state index in [1.807, 2.05) is 20.8 Å². The van der Waals surface area contributed by atoms with Gasteiger partial charge in [0.05, 0.1) is 6.04 Å². The molecule has 0 N–H and O–H groups in total. The first-order valence-electron chi connectivity index (χ1n) is 6.38. The molecule has 2 atom stereocenters. The zero-order chi connectivity index (χ0) is 13.9. The predicted molar refractivity (Wildman–Crippen MR) is 68.1 cm³/mol. The monoisotopic (exact) mass is 255 g/mol. The molecule has 5 heteroatoms. The molecule has 0 saturated carbocycles. The van der Waals surface area contributed by atoms with Crippen LogP contribution in [0.5, 0.6) is 0 Å². The highest BCUT2D eigenvalue weighted by atomic mass is 16.6. The molecule has 0 aromatic rings. The van der Waals surface area contributed by atoms with Crippen molar-refractivity contribution in [1.82, 2.24) is 4.90 Å². The molecule has 1 aliphatic rings. The number of hydrogen-bond donors (Lipinski definition) is 0. The second-order valence-corrected chi connectivity index (χ2v) is 5.91. The van der Waals surface area contributed by atoms with Gasteiger partial charge in [-0.1, -0.05) is 27.7 Å². The number of carbonyl (C=O) groups is 1. The summed E-state index contributed by atoms with van der Waals surface area (Å²) in [5.74, 6) is 0.333. The van der Waals surface area contributed by atoms with Gasteiger partial charge in [-0.25, -0.2) is 0 Å². The number of aliphatic imine (C=N–C) groups is 1. The standard InChI is InChI=1S/C13H24N2O3/c1-9-6-7-15(10(2)16)8-11(9)14-12(17)18-13(3,4)5/h9,11H,6-8H2,1-5H3,(H,14,17)/p-1/t9-,11+/m0/s1. The van der Waals surface area contributed by atoms with Crippen molar-refractivity contribution in [3.05, 3.63) is 0 Å². The first kappa shape index (κ1) is 14.8. The van der Waals surface area contributed by atoms with Gasteiger partial charge in [0.2, 0.25) is 5.91 Å². The number of nitrogens with zero attached hydrogens (tertiary/aromatic N) is 2. The number of carbonyl (C=O) groups excluding carboxylic acids is 1. The SMILES string of the molecule is CC(=O)N1CC[C@H](C)[C@H](N=C([O-])OC(C)(C)C)C1. The maximum Gasteiger partial charge on any atom is 0.219 e. The van der Waals surface area contributed by atoms with Crippen LogP contribution in [0.15, 0.2) is 4.99 Å². The molecule has 0 unspecified atom stereocenters. The highest BCUT2D eigenvalue weighted by Gasteiger charge is 2.27. The van der Waals surface area contributed by atoms with Crippen molar-refractivity contribution in [2.24, 2.45) is 10.9 Å². The van der Waals surface area contributed by atoms with Crippen LogP contribution in [-0.4, -0.2) is 41.6 Å². The molecule has 0 spiro atoms. The molecular weight excluding hydrogens is 232 g/mol. The van der Waals surface area contributed by atoms with Gasteiger partial charge >= 0.3 is 0 Å². The Bertz CT molecular complexity index is 334. The quantitative estimate of drug-likeness (QED) is 0.513. The van der Waals surface area contributed by atoms with E-state index in [0.717, 1.165) is 13.0 Å². The summed E-state index contributed by atoms with van der Waals surface area (Å²) in [4.78, 5) is 17.1. The van der Waals surface area contributed by atoms with E-state index in [2.05, 4.69) is 11.9 Å². The van der Waals surface area contributed by atoms with Gasteiger partial charge in [-0.2, -0.15) is 0 Å². The molecule has 0 aliphatic carbocycles. The summed E-state index contributed by atoms with van der Waals surface area (Å²) < 4.78 is 5.18. The minimum absolute atomic E-state index is 0.0336. The fourth-order valence-corrected chi connectivity index (χ4v) is 1.93. The molecule has 1 amide bonds. The lowest BCUT2D eigenvalue weighted by atomic mass is 9.94. The van der Waals surface area contributed by atoms with Crippen LogP contribution in [-0.2, 0) is 9.53 Å². The first-order valence-corrected chi connectivity index (χ1v) is 6.38. The van der Waals surface area contributed by atoms with E-state index < -0.39 is 11.7 Å². The third-order valence-corrected chi connectivity index (χ3v) is 3.03. The number of piperidine rings is 1. The Morgan fingerprint density at radius 2 is 2.06 bits per heavy atom. The van der Waals surface area contributed by atoms with Gasteiger partial charge in [0.1, 0.15) is 6.08 Å². The predicted octanol–water partition coefficient (Wildman–Crippen LogP) is 0.775. The molecule has 0 bridgehead atoms. The van der Waals surface area contributed by atoms with Crippen molar-refractivity contribution < 1.29 is 14.6 Å². The summed E-state index contributed by atoms with van der Waals surface area (Å²) in [5, 5.41) is 11.7. The van der Waals surface area contributed by atoms with E-state index in [0.29, 0.717) is 12.5 Å². The summed E-state index contributed by atoms with van der Waals surface area (Å²) in [6.45, 7) is 10.3.